The lowest BCUT2D eigenvalue weighted by molar-refractivity contribution is 0.275. The summed E-state index contributed by atoms with van der Waals surface area (Å²) in [7, 11) is 0. The molecule has 0 amide bonds. The van der Waals surface area contributed by atoms with Gasteiger partial charge in [0.15, 0.2) is 0 Å². The SMILES string of the molecule is CCOc1ccc(N=Nc2ccc(O)c(CO)c2)cc1. The molecule has 0 bridgehead atoms. The first-order chi connectivity index (χ1) is 9.72. The van der Waals surface area contributed by atoms with E-state index in [1.807, 2.05) is 31.2 Å². The third-order valence-corrected chi connectivity index (χ3v) is 2.66. The molecule has 0 radical (unpaired) electrons. The summed E-state index contributed by atoms with van der Waals surface area (Å²) in [4.78, 5) is 0. The first-order valence-electron chi connectivity index (χ1n) is 6.30. The van der Waals surface area contributed by atoms with Crippen LogP contribution in [0, 0.1) is 0 Å². The zero-order valence-electron chi connectivity index (χ0n) is 11.2. The molecule has 2 rings (SSSR count). The number of benzene rings is 2. The van der Waals surface area contributed by atoms with Crippen molar-refractivity contribution in [2.45, 2.75) is 13.5 Å². The summed E-state index contributed by atoms with van der Waals surface area (Å²) >= 11 is 0. The second-order valence-corrected chi connectivity index (χ2v) is 4.10. The molecule has 0 aliphatic heterocycles. The Kier molecular flexibility index (Phi) is 4.68. The van der Waals surface area contributed by atoms with Crippen molar-refractivity contribution in [2.24, 2.45) is 10.2 Å². The van der Waals surface area contributed by atoms with E-state index in [-0.39, 0.29) is 12.4 Å². The Hall–Kier alpha value is -2.40. The zero-order chi connectivity index (χ0) is 14.4. The van der Waals surface area contributed by atoms with Crippen molar-refractivity contribution < 1.29 is 14.9 Å². The van der Waals surface area contributed by atoms with Gasteiger partial charge in [0.25, 0.3) is 0 Å². The molecule has 0 aromatic heterocycles. The van der Waals surface area contributed by atoms with Crippen molar-refractivity contribution >= 4 is 11.4 Å². The Morgan fingerprint density at radius 1 is 1.00 bits per heavy atom. The molecule has 0 saturated carbocycles. The largest absolute Gasteiger partial charge is 0.508 e. The molecule has 0 saturated heterocycles. The van der Waals surface area contributed by atoms with Crippen molar-refractivity contribution in [1.82, 2.24) is 0 Å². The minimum Gasteiger partial charge on any atom is -0.508 e. The summed E-state index contributed by atoms with van der Waals surface area (Å²) in [5.74, 6) is 0.839. The van der Waals surface area contributed by atoms with Crippen LogP contribution in [0.25, 0.3) is 0 Å². The molecule has 2 aromatic carbocycles. The number of aromatic hydroxyl groups is 1. The fourth-order valence-corrected chi connectivity index (χ4v) is 1.65. The highest BCUT2D eigenvalue weighted by Crippen LogP contribution is 2.25. The van der Waals surface area contributed by atoms with E-state index in [1.54, 1.807) is 12.1 Å². The minimum absolute atomic E-state index is 0.0486. The van der Waals surface area contributed by atoms with E-state index in [1.165, 1.54) is 6.07 Å². The Bertz CT molecular complexity index is 595. The molecule has 2 N–H and O–H groups in total. The fraction of sp³-hybridized carbons (Fsp3) is 0.200. The van der Waals surface area contributed by atoms with Crippen LogP contribution in [0.2, 0.25) is 0 Å². The summed E-state index contributed by atoms with van der Waals surface area (Å²) in [6, 6.07) is 12.0. The summed E-state index contributed by atoms with van der Waals surface area (Å²) in [5, 5.41) is 26.7. The Balaban J connectivity index is 2.12. The predicted octanol–water partition coefficient (Wildman–Crippen LogP) is 3.70. The topological polar surface area (TPSA) is 74.4 Å². The average molecular weight is 272 g/mol. The number of rotatable bonds is 5. The number of hydrogen-bond acceptors (Lipinski definition) is 5. The van der Waals surface area contributed by atoms with E-state index in [9.17, 15) is 5.11 Å². The van der Waals surface area contributed by atoms with Gasteiger partial charge in [-0.25, -0.2) is 0 Å². The third-order valence-electron chi connectivity index (χ3n) is 2.66. The monoisotopic (exact) mass is 272 g/mol. The van der Waals surface area contributed by atoms with Crippen molar-refractivity contribution in [1.29, 1.82) is 0 Å². The molecule has 5 nitrogen and oxygen atoms in total. The van der Waals surface area contributed by atoms with Crippen LogP contribution in [0.15, 0.2) is 52.7 Å². The molecule has 0 aliphatic carbocycles. The van der Waals surface area contributed by atoms with Crippen LogP contribution in [0.3, 0.4) is 0 Å². The number of nitrogens with zero attached hydrogens (tertiary/aromatic N) is 2. The number of ether oxygens (including phenoxy) is 1. The van der Waals surface area contributed by atoms with Crippen molar-refractivity contribution in [3.05, 3.63) is 48.0 Å². The first-order valence-corrected chi connectivity index (χ1v) is 6.30. The first kappa shape index (κ1) is 14.0. The molecular formula is C15H16N2O3. The Morgan fingerprint density at radius 3 is 2.30 bits per heavy atom. The molecule has 0 heterocycles. The van der Waals surface area contributed by atoms with E-state index in [2.05, 4.69) is 10.2 Å². The van der Waals surface area contributed by atoms with Crippen molar-refractivity contribution in [3.63, 3.8) is 0 Å². The van der Waals surface area contributed by atoms with Crippen LogP contribution in [0.4, 0.5) is 11.4 Å². The van der Waals surface area contributed by atoms with Crippen molar-refractivity contribution in [3.8, 4) is 11.5 Å². The van der Waals surface area contributed by atoms with Crippen LogP contribution < -0.4 is 4.74 Å². The number of hydrogen-bond donors (Lipinski definition) is 2. The molecule has 0 spiro atoms. The van der Waals surface area contributed by atoms with Gasteiger partial charge in [-0.2, -0.15) is 10.2 Å². The van der Waals surface area contributed by atoms with Gasteiger partial charge >= 0.3 is 0 Å². The van der Waals surface area contributed by atoms with Gasteiger partial charge in [0.1, 0.15) is 11.5 Å². The highest BCUT2D eigenvalue weighted by molar-refractivity contribution is 5.47. The van der Waals surface area contributed by atoms with Gasteiger partial charge in [-0.05, 0) is 49.4 Å². The van der Waals surface area contributed by atoms with Gasteiger partial charge in [-0.15, -0.1) is 0 Å². The second-order valence-electron chi connectivity index (χ2n) is 4.10. The summed E-state index contributed by atoms with van der Waals surface area (Å²) in [5.41, 5.74) is 1.70. The van der Waals surface area contributed by atoms with Gasteiger partial charge < -0.3 is 14.9 Å². The van der Waals surface area contributed by atoms with Crippen molar-refractivity contribution in [2.75, 3.05) is 6.61 Å². The molecule has 2 aromatic rings. The van der Waals surface area contributed by atoms with E-state index in [4.69, 9.17) is 9.84 Å². The van der Waals surface area contributed by atoms with E-state index in [0.29, 0.717) is 23.5 Å². The van der Waals surface area contributed by atoms with Crippen LogP contribution in [-0.4, -0.2) is 16.8 Å². The van der Waals surface area contributed by atoms with Crippen LogP contribution in [-0.2, 0) is 6.61 Å². The molecule has 0 atom stereocenters. The molecule has 5 heteroatoms. The number of phenols is 1. The predicted molar refractivity (Wildman–Crippen MR) is 75.8 cm³/mol. The lowest BCUT2D eigenvalue weighted by atomic mass is 10.2. The maximum atomic E-state index is 9.46. The average Bonchev–Trinajstić information content (AvgIpc) is 2.48. The molecule has 0 aliphatic rings. The standard InChI is InChI=1S/C15H16N2O3/c1-2-20-14-6-3-12(4-7-14)16-17-13-5-8-15(19)11(9-13)10-18/h3-9,18-19H,2,10H2,1H3. The van der Waals surface area contributed by atoms with Gasteiger partial charge in [-0.3, -0.25) is 0 Å². The van der Waals surface area contributed by atoms with Gasteiger partial charge in [0.2, 0.25) is 0 Å². The quantitative estimate of drug-likeness (QED) is 0.815. The van der Waals surface area contributed by atoms with E-state index in [0.717, 1.165) is 5.75 Å². The van der Waals surface area contributed by atoms with Gasteiger partial charge in [0.05, 0.1) is 24.6 Å². The lowest BCUT2D eigenvalue weighted by Gasteiger charge is -2.02. The number of aliphatic hydroxyl groups excluding tert-OH is 1. The summed E-state index contributed by atoms with van der Waals surface area (Å²) < 4.78 is 5.34. The van der Waals surface area contributed by atoms with E-state index >= 15 is 0 Å². The Morgan fingerprint density at radius 2 is 1.65 bits per heavy atom. The second kappa shape index (κ2) is 6.68. The third kappa shape index (κ3) is 3.55. The maximum Gasteiger partial charge on any atom is 0.121 e. The zero-order valence-corrected chi connectivity index (χ0v) is 11.2. The summed E-state index contributed by atoms with van der Waals surface area (Å²) in [6.45, 7) is 2.31. The minimum atomic E-state index is -0.238. The number of aliphatic hydroxyl groups is 1. The van der Waals surface area contributed by atoms with Crippen LogP contribution in [0.1, 0.15) is 12.5 Å². The number of azo groups is 1. The molecule has 0 fully saturated rings. The van der Waals surface area contributed by atoms with E-state index < -0.39 is 0 Å². The highest BCUT2D eigenvalue weighted by Gasteiger charge is 2.01. The van der Waals surface area contributed by atoms with Crippen LogP contribution >= 0.6 is 0 Å². The van der Waals surface area contributed by atoms with Gasteiger partial charge in [-0.1, -0.05) is 0 Å². The smallest absolute Gasteiger partial charge is 0.121 e. The van der Waals surface area contributed by atoms with Crippen LogP contribution in [0.5, 0.6) is 11.5 Å². The Labute approximate surface area is 117 Å². The highest BCUT2D eigenvalue weighted by atomic mass is 16.5. The van der Waals surface area contributed by atoms with Gasteiger partial charge in [0, 0.05) is 5.56 Å². The molecule has 104 valence electrons. The fourth-order valence-electron chi connectivity index (χ4n) is 1.65. The normalized spacial score (nSPS) is 10.9. The lowest BCUT2D eigenvalue weighted by Crippen LogP contribution is -1.89. The molecular weight excluding hydrogens is 256 g/mol. The maximum absolute atomic E-state index is 9.46. The molecule has 20 heavy (non-hydrogen) atoms. The molecule has 0 unspecified atom stereocenters. The summed E-state index contributed by atoms with van der Waals surface area (Å²) in [6.07, 6.45) is 0.